The number of aryl methyl sites for hydroxylation is 2. The summed E-state index contributed by atoms with van der Waals surface area (Å²) in [5.74, 6) is -0.102. The molecular formula is C20H17BrF3N3O3. The third-order valence-electron chi connectivity index (χ3n) is 4.16. The maximum Gasteiger partial charge on any atom is 0.387 e. The van der Waals surface area contributed by atoms with Crippen LogP contribution < -0.4 is 10.1 Å². The van der Waals surface area contributed by atoms with E-state index in [1.165, 1.54) is 12.1 Å². The first-order chi connectivity index (χ1) is 14.3. The number of ether oxygens (including phenoxy) is 1. The summed E-state index contributed by atoms with van der Waals surface area (Å²) in [6.45, 7) is -1.31. The molecule has 0 atom stereocenters. The van der Waals surface area contributed by atoms with E-state index in [4.69, 9.17) is 4.52 Å². The zero-order chi connectivity index (χ0) is 21.7. The highest BCUT2D eigenvalue weighted by Gasteiger charge is 2.14. The van der Waals surface area contributed by atoms with E-state index in [0.29, 0.717) is 27.0 Å². The fourth-order valence-electron chi connectivity index (χ4n) is 2.66. The lowest BCUT2D eigenvalue weighted by Crippen LogP contribution is -2.23. The zero-order valence-corrected chi connectivity index (χ0v) is 17.4. The first kappa shape index (κ1) is 21.8. The van der Waals surface area contributed by atoms with E-state index in [2.05, 4.69) is 36.1 Å². The fraction of sp³-hybridized carbons (Fsp3) is 0.250. The van der Waals surface area contributed by atoms with Gasteiger partial charge in [0.15, 0.2) is 0 Å². The van der Waals surface area contributed by atoms with Crippen molar-refractivity contribution in [2.45, 2.75) is 32.9 Å². The number of amides is 1. The highest BCUT2D eigenvalue weighted by atomic mass is 79.9. The molecule has 0 aliphatic rings. The van der Waals surface area contributed by atoms with Gasteiger partial charge in [-0.15, -0.1) is 0 Å². The number of alkyl halides is 2. The molecule has 0 radical (unpaired) electrons. The van der Waals surface area contributed by atoms with Gasteiger partial charge in [0.25, 0.3) is 0 Å². The monoisotopic (exact) mass is 483 g/mol. The van der Waals surface area contributed by atoms with Crippen LogP contribution in [0, 0.1) is 12.7 Å². The van der Waals surface area contributed by atoms with Gasteiger partial charge < -0.3 is 14.6 Å². The number of aromatic nitrogens is 2. The summed E-state index contributed by atoms with van der Waals surface area (Å²) >= 11 is 3.26. The third-order valence-corrected chi connectivity index (χ3v) is 4.66. The number of halogens is 4. The molecule has 30 heavy (non-hydrogen) atoms. The molecular weight excluding hydrogens is 467 g/mol. The number of hydrogen-bond donors (Lipinski definition) is 1. The van der Waals surface area contributed by atoms with Crippen LogP contribution in [0.4, 0.5) is 13.2 Å². The van der Waals surface area contributed by atoms with Crippen LogP contribution in [0.2, 0.25) is 0 Å². The van der Waals surface area contributed by atoms with Crippen molar-refractivity contribution >= 4 is 21.8 Å². The van der Waals surface area contributed by atoms with Crippen LogP contribution in [-0.2, 0) is 17.8 Å². The van der Waals surface area contributed by atoms with Gasteiger partial charge in [-0.1, -0.05) is 21.1 Å². The van der Waals surface area contributed by atoms with Gasteiger partial charge in [0.1, 0.15) is 11.6 Å². The minimum absolute atomic E-state index is 0.00960. The van der Waals surface area contributed by atoms with Crippen molar-refractivity contribution in [1.82, 2.24) is 15.5 Å². The normalized spacial score (nSPS) is 11.0. The Morgan fingerprint density at radius 1 is 1.27 bits per heavy atom. The molecule has 6 nitrogen and oxygen atoms in total. The molecule has 0 saturated carbocycles. The second-order valence-electron chi connectivity index (χ2n) is 6.38. The Kier molecular flexibility index (Phi) is 7.09. The van der Waals surface area contributed by atoms with Gasteiger partial charge in [-0.25, -0.2) is 4.39 Å². The summed E-state index contributed by atoms with van der Waals surface area (Å²) in [6.07, 6.45) is 0.251. The van der Waals surface area contributed by atoms with Crippen molar-refractivity contribution in [1.29, 1.82) is 0 Å². The molecule has 1 aromatic heterocycles. The van der Waals surface area contributed by atoms with E-state index in [9.17, 15) is 18.0 Å². The van der Waals surface area contributed by atoms with Crippen LogP contribution in [0.15, 0.2) is 45.4 Å². The molecule has 1 heterocycles. The molecule has 3 aromatic rings. The Morgan fingerprint density at radius 2 is 2.07 bits per heavy atom. The van der Waals surface area contributed by atoms with Crippen LogP contribution in [0.1, 0.15) is 23.4 Å². The van der Waals surface area contributed by atoms with E-state index >= 15 is 0 Å². The number of rotatable bonds is 8. The largest absolute Gasteiger partial charge is 0.434 e. The van der Waals surface area contributed by atoms with Crippen LogP contribution in [0.3, 0.4) is 0 Å². The summed E-state index contributed by atoms with van der Waals surface area (Å²) in [4.78, 5) is 16.3. The predicted molar refractivity (Wildman–Crippen MR) is 105 cm³/mol. The molecule has 0 spiro atoms. The second-order valence-corrected chi connectivity index (χ2v) is 7.30. The first-order valence-corrected chi connectivity index (χ1v) is 9.70. The van der Waals surface area contributed by atoms with Crippen LogP contribution in [0.5, 0.6) is 5.75 Å². The predicted octanol–water partition coefficient (Wildman–Crippen LogP) is 4.80. The van der Waals surface area contributed by atoms with Crippen molar-refractivity contribution < 1.29 is 27.2 Å². The Hall–Kier alpha value is -2.88. The summed E-state index contributed by atoms with van der Waals surface area (Å²) in [6, 6.07) is 9.02. The van der Waals surface area contributed by atoms with Crippen molar-refractivity contribution in [3.05, 3.63) is 63.7 Å². The molecule has 0 fully saturated rings. The Balaban J connectivity index is 1.55. The fourth-order valence-corrected chi connectivity index (χ4v) is 3.07. The average Bonchev–Trinajstić information content (AvgIpc) is 3.17. The van der Waals surface area contributed by atoms with E-state index < -0.39 is 6.61 Å². The van der Waals surface area contributed by atoms with E-state index in [1.807, 2.05) is 0 Å². The van der Waals surface area contributed by atoms with Gasteiger partial charge >= 0.3 is 6.61 Å². The van der Waals surface area contributed by atoms with Crippen LogP contribution in [0.25, 0.3) is 11.4 Å². The standard InChI is InChI=1S/C20H17BrF3N3O3/c1-11-8-12(2-4-15(11)22)19-26-18(30-27-19)7-6-17(28)25-10-13-9-14(21)3-5-16(13)29-20(23)24/h2-5,8-9,20H,6-7,10H2,1H3,(H,25,28). The highest BCUT2D eigenvalue weighted by molar-refractivity contribution is 9.10. The zero-order valence-electron chi connectivity index (χ0n) is 15.8. The van der Waals surface area contributed by atoms with Crippen molar-refractivity contribution in [3.63, 3.8) is 0 Å². The number of benzene rings is 2. The maximum atomic E-state index is 13.4. The molecule has 0 aliphatic carbocycles. The van der Waals surface area contributed by atoms with Crippen molar-refractivity contribution in [3.8, 4) is 17.1 Å². The molecule has 10 heteroatoms. The topological polar surface area (TPSA) is 77.2 Å². The number of nitrogens with one attached hydrogen (secondary N) is 1. The maximum absolute atomic E-state index is 13.4. The van der Waals surface area contributed by atoms with Gasteiger partial charge in [0, 0.05) is 35.0 Å². The SMILES string of the molecule is Cc1cc(-c2noc(CCC(=O)NCc3cc(Br)ccc3OC(F)F)n2)ccc1F. The minimum atomic E-state index is -2.96. The van der Waals surface area contributed by atoms with Gasteiger partial charge in [0.05, 0.1) is 0 Å². The number of nitrogens with zero attached hydrogens (tertiary/aromatic N) is 2. The van der Waals surface area contributed by atoms with Gasteiger partial charge in [0.2, 0.25) is 17.6 Å². The molecule has 158 valence electrons. The lowest BCUT2D eigenvalue weighted by atomic mass is 10.1. The quantitative estimate of drug-likeness (QED) is 0.498. The van der Waals surface area contributed by atoms with E-state index in [0.717, 1.165) is 0 Å². The average molecular weight is 484 g/mol. The second kappa shape index (κ2) is 9.75. The van der Waals surface area contributed by atoms with Gasteiger partial charge in [-0.05, 0) is 48.9 Å². The smallest absolute Gasteiger partial charge is 0.387 e. The summed E-state index contributed by atoms with van der Waals surface area (Å²) in [7, 11) is 0. The van der Waals surface area contributed by atoms with Crippen LogP contribution in [-0.4, -0.2) is 22.7 Å². The van der Waals surface area contributed by atoms with Crippen molar-refractivity contribution in [2.24, 2.45) is 0 Å². The number of hydrogen-bond acceptors (Lipinski definition) is 5. The lowest BCUT2D eigenvalue weighted by molar-refractivity contribution is -0.121. The summed E-state index contributed by atoms with van der Waals surface area (Å²) in [5, 5.41) is 6.49. The van der Waals surface area contributed by atoms with Gasteiger partial charge in [-0.2, -0.15) is 13.8 Å². The lowest BCUT2D eigenvalue weighted by Gasteiger charge is -2.12. The van der Waals surface area contributed by atoms with E-state index in [-0.39, 0.29) is 42.8 Å². The van der Waals surface area contributed by atoms with Crippen LogP contribution >= 0.6 is 15.9 Å². The highest BCUT2D eigenvalue weighted by Crippen LogP contribution is 2.25. The molecule has 0 aliphatic heterocycles. The van der Waals surface area contributed by atoms with Crippen molar-refractivity contribution in [2.75, 3.05) is 0 Å². The molecule has 3 rings (SSSR count). The molecule has 0 unspecified atom stereocenters. The summed E-state index contributed by atoms with van der Waals surface area (Å²) < 4.78 is 48.7. The molecule has 0 bridgehead atoms. The number of carbonyl (C=O) groups is 1. The van der Waals surface area contributed by atoms with Gasteiger partial charge in [-0.3, -0.25) is 4.79 Å². The molecule has 2 aromatic carbocycles. The Morgan fingerprint density at radius 3 is 2.80 bits per heavy atom. The number of carbonyl (C=O) groups excluding carboxylic acids is 1. The third kappa shape index (κ3) is 5.82. The molecule has 1 amide bonds. The Labute approximate surface area is 178 Å². The molecule has 0 saturated heterocycles. The first-order valence-electron chi connectivity index (χ1n) is 8.91. The molecule has 1 N–H and O–H groups in total. The Bertz CT molecular complexity index is 1040. The minimum Gasteiger partial charge on any atom is -0.434 e. The summed E-state index contributed by atoms with van der Waals surface area (Å²) in [5.41, 5.74) is 1.47. The van der Waals surface area contributed by atoms with E-state index in [1.54, 1.807) is 31.2 Å².